The summed E-state index contributed by atoms with van der Waals surface area (Å²) in [5.74, 6) is 0.989. The third kappa shape index (κ3) is 2.72. The number of pyridine rings is 1. The lowest BCUT2D eigenvalue weighted by Gasteiger charge is -2.21. The van der Waals surface area contributed by atoms with E-state index in [4.69, 9.17) is 0 Å². The van der Waals surface area contributed by atoms with E-state index >= 15 is 0 Å². The fourth-order valence-electron chi connectivity index (χ4n) is 2.15. The molecule has 0 atom stereocenters. The average Bonchev–Trinajstić information content (AvgIpc) is 2.26. The molecule has 0 spiro atoms. The summed E-state index contributed by atoms with van der Waals surface area (Å²) in [5, 5.41) is 0. The molecule has 0 amide bonds. The van der Waals surface area contributed by atoms with Crippen LogP contribution in [0, 0.1) is 20.8 Å². The number of nitrogens with zero attached hydrogens (tertiary/aromatic N) is 2. The molecule has 0 bridgehead atoms. The first kappa shape index (κ1) is 13.1. The summed E-state index contributed by atoms with van der Waals surface area (Å²) in [5.41, 5.74) is 4.87. The second kappa shape index (κ2) is 5.11. The third-order valence-corrected chi connectivity index (χ3v) is 3.36. The Bertz CT molecular complexity index is 558. The quantitative estimate of drug-likeness (QED) is 0.810. The van der Waals surface area contributed by atoms with Crippen LogP contribution in [-0.2, 0) is 0 Å². The van der Waals surface area contributed by atoms with Gasteiger partial charge in [-0.3, -0.25) is 0 Å². The van der Waals surface area contributed by atoms with E-state index in [1.807, 2.05) is 6.20 Å². The minimum Gasteiger partial charge on any atom is -0.329 e. The maximum Gasteiger partial charge on any atom is 0.135 e. The molecule has 2 aromatic rings. The van der Waals surface area contributed by atoms with Gasteiger partial charge in [-0.25, -0.2) is 4.98 Å². The highest BCUT2D eigenvalue weighted by Crippen LogP contribution is 2.27. The van der Waals surface area contributed by atoms with E-state index in [0.717, 1.165) is 15.9 Å². The predicted molar refractivity (Wildman–Crippen MR) is 80.7 cm³/mol. The van der Waals surface area contributed by atoms with Gasteiger partial charge in [-0.1, -0.05) is 6.07 Å². The Balaban J connectivity index is 2.44. The van der Waals surface area contributed by atoms with Gasteiger partial charge < -0.3 is 4.90 Å². The number of aryl methyl sites for hydroxylation is 3. The van der Waals surface area contributed by atoms with Crippen molar-refractivity contribution in [1.82, 2.24) is 4.98 Å². The summed E-state index contributed by atoms with van der Waals surface area (Å²) in [7, 11) is 2.05. The van der Waals surface area contributed by atoms with Crippen LogP contribution in [0.2, 0.25) is 0 Å². The minimum atomic E-state index is 0.989. The first-order valence-corrected chi connectivity index (χ1v) is 6.71. The molecule has 1 aromatic carbocycles. The number of rotatable bonds is 2. The van der Waals surface area contributed by atoms with Crippen molar-refractivity contribution in [2.45, 2.75) is 20.8 Å². The molecular formula is C15H17BrN2. The van der Waals surface area contributed by atoms with Crippen molar-refractivity contribution in [3.8, 4) is 0 Å². The van der Waals surface area contributed by atoms with Gasteiger partial charge in [-0.05, 0) is 71.6 Å². The maximum atomic E-state index is 4.49. The van der Waals surface area contributed by atoms with Gasteiger partial charge in [0.05, 0.1) is 0 Å². The van der Waals surface area contributed by atoms with Crippen LogP contribution in [0.15, 0.2) is 34.9 Å². The van der Waals surface area contributed by atoms with E-state index in [1.54, 1.807) is 0 Å². The zero-order chi connectivity index (χ0) is 13.3. The summed E-state index contributed by atoms with van der Waals surface area (Å²) in [6.07, 6.45) is 1.83. The van der Waals surface area contributed by atoms with Crippen molar-refractivity contribution in [3.63, 3.8) is 0 Å². The van der Waals surface area contributed by atoms with Crippen LogP contribution in [0.3, 0.4) is 0 Å². The fraction of sp³-hybridized carbons (Fsp3) is 0.267. The highest BCUT2D eigenvalue weighted by atomic mass is 79.9. The molecule has 0 N–H and O–H groups in total. The number of anilines is 2. The van der Waals surface area contributed by atoms with Gasteiger partial charge >= 0.3 is 0 Å². The Kier molecular flexibility index (Phi) is 3.71. The summed E-state index contributed by atoms with van der Waals surface area (Å²) >= 11 is 3.44. The Morgan fingerprint density at radius 2 is 1.61 bits per heavy atom. The van der Waals surface area contributed by atoms with Crippen molar-refractivity contribution in [2.24, 2.45) is 0 Å². The van der Waals surface area contributed by atoms with Gasteiger partial charge in [0.1, 0.15) is 5.82 Å². The molecule has 0 aliphatic heterocycles. The summed E-state index contributed by atoms with van der Waals surface area (Å²) in [6, 6.07) is 8.62. The predicted octanol–water partition coefficient (Wildman–Crippen LogP) is 4.54. The number of hydrogen-bond acceptors (Lipinski definition) is 2. The topological polar surface area (TPSA) is 16.1 Å². The smallest absolute Gasteiger partial charge is 0.135 e. The van der Waals surface area contributed by atoms with Crippen LogP contribution in [0.25, 0.3) is 0 Å². The van der Waals surface area contributed by atoms with E-state index in [-0.39, 0.29) is 0 Å². The fourth-order valence-corrected chi connectivity index (χ4v) is 2.60. The van der Waals surface area contributed by atoms with E-state index in [2.05, 4.69) is 77.9 Å². The molecule has 94 valence electrons. The van der Waals surface area contributed by atoms with Gasteiger partial charge in [-0.2, -0.15) is 0 Å². The van der Waals surface area contributed by atoms with Crippen LogP contribution in [-0.4, -0.2) is 12.0 Å². The van der Waals surface area contributed by atoms with Crippen LogP contribution in [0.5, 0.6) is 0 Å². The third-order valence-electron chi connectivity index (χ3n) is 2.93. The molecule has 2 nitrogen and oxygen atoms in total. The lowest BCUT2D eigenvalue weighted by atomic mass is 10.1. The van der Waals surface area contributed by atoms with Crippen LogP contribution in [0.4, 0.5) is 11.5 Å². The molecule has 0 unspecified atom stereocenters. The second-order valence-corrected chi connectivity index (χ2v) is 5.61. The van der Waals surface area contributed by atoms with E-state index in [9.17, 15) is 0 Å². The van der Waals surface area contributed by atoms with E-state index in [0.29, 0.717) is 0 Å². The first-order chi connectivity index (χ1) is 8.47. The highest BCUT2D eigenvalue weighted by Gasteiger charge is 2.09. The van der Waals surface area contributed by atoms with Crippen molar-refractivity contribution >= 4 is 27.4 Å². The Labute approximate surface area is 117 Å². The molecule has 1 heterocycles. The molecule has 0 radical (unpaired) electrons. The molecule has 0 aliphatic rings. The summed E-state index contributed by atoms with van der Waals surface area (Å²) in [4.78, 5) is 6.62. The molecule has 0 aliphatic carbocycles. The van der Waals surface area contributed by atoms with Crippen molar-refractivity contribution in [3.05, 3.63) is 51.6 Å². The van der Waals surface area contributed by atoms with Crippen LogP contribution >= 0.6 is 15.9 Å². The van der Waals surface area contributed by atoms with Crippen LogP contribution < -0.4 is 4.90 Å². The Morgan fingerprint density at radius 3 is 2.17 bits per heavy atom. The molecule has 0 fully saturated rings. The maximum absolute atomic E-state index is 4.49. The number of aromatic nitrogens is 1. The van der Waals surface area contributed by atoms with E-state index < -0.39 is 0 Å². The van der Waals surface area contributed by atoms with Gasteiger partial charge in [0.25, 0.3) is 0 Å². The Hall–Kier alpha value is -1.35. The van der Waals surface area contributed by atoms with Crippen LogP contribution in [0.1, 0.15) is 16.7 Å². The largest absolute Gasteiger partial charge is 0.329 e. The summed E-state index contributed by atoms with van der Waals surface area (Å²) in [6.45, 7) is 6.31. The Morgan fingerprint density at radius 1 is 1.00 bits per heavy atom. The molecule has 18 heavy (non-hydrogen) atoms. The average molecular weight is 305 g/mol. The molecule has 2 rings (SSSR count). The van der Waals surface area contributed by atoms with Gasteiger partial charge in [-0.15, -0.1) is 0 Å². The second-order valence-electron chi connectivity index (χ2n) is 4.70. The monoisotopic (exact) mass is 304 g/mol. The normalized spacial score (nSPS) is 10.5. The number of halogens is 1. The SMILES string of the molecule is Cc1cc(C)cc(N(C)c2ncc(Br)cc2C)c1. The lowest BCUT2D eigenvalue weighted by molar-refractivity contribution is 1.09. The van der Waals surface area contributed by atoms with Gasteiger partial charge in [0.15, 0.2) is 0 Å². The lowest BCUT2D eigenvalue weighted by Crippen LogP contribution is -2.13. The molecule has 0 saturated heterocycles. The number of benzene rings is 1. The first-order valence-electron chi connectivity index (χ1n) is 5.91. The highest BCUT2D eigenvalue weighted by molar-refractivity contribution is 9.10. The minimum absolute atomic E-state index is 0.989. The van der Waals surface area contributed by atoms with Crippen molar-refractivity contribution in [2.75, 3.05) is 11.9 Å². The zero-order valence-electron chi connectivity index (χ0n) is 11.2. The number of hydrogen-bond donors (Lipinski definition) is 0. The standard InChI is InChI=1S/C15H17BrN2/c1-10-5-11(2)7-14(6-10)18(4)15-12(3)8-13(16)9-17-15/h5-9H,1-4H3. The molecular weight excluding hydrogens is 288 g/mol. The zero-order valence-corrected chi connectivity index (χ0v) is 12.7. The molecule has 3 heteroatoms. The van der Waals surface area contributed by atoms with E-state index in [1.165, 1.54) is 16.8 Å². The van der Waals surface area contributed by atoms with Crippen molar-refractivity contribution < 1.29 is 0 Å². The summed E-state index contributed by atoms with van der Waals surface area (Å²) < 4.78 is 1.01. The molecule has 0 saturated carbocycles. The van der Waals surface area contributed by atoms with Gasteiger partial charge in [0, 0.05) is 23.4 Å². The van der Waals surface area contributed by atoms with Gasteiger partial charge in [0.2, 0.25) is 0 Å². The van der Waals surface area contributed by atoms with Crippen molar-refractivity contribution in [1.29, 1.82) is 0 Å². The molecule has 1 aromatic heterocycles.